The van der Waals surface area contributed by atoms with Crippen molar-refractivity contribution in [2.45, 2.75) is 13.3 Å². The molecule has 0 amide bonds. The summed E-state index contributed by atoms with van der Waals surface area (Å²) in [7, 11) is -6.46. The van der Waals surface area contributed by atoms with E-state index < -0.39 is 32.6 Å². The number of rotatable bonds is 9. The molecule has 10 nitrogen and oxygen atoms in total. The van der Waals surface area contributed by atoms with Crippen molar-refractivity contribution < 1.29 is 25.6 Å². The molecule has 0 bridgehead atoms. The fourth-order valence-corrected chi connectivity index (χ4v) is 3.30. The maximum atomic E-state index is 11.7. The maximum Gasteiger partial charge on any atom is 0.397 e. The Balaban J connectivity index is 2.45. The van der Waals surface area contributed by atoms with Crippen molar-refractivity contribution >= 4 is 37.8 Å². The fourth-order valence-electron chi connectivity index (χ4n) is 1.60. The Kier molecular flexibility index (Phi) is 7.07. The molecule has 1 aromatic rings. The number of nitrogens with zero attached hydrogens (tertiary/aromatic N) is 4. The highest BCUT2D eigenvalue weighted by Crippen LogP contribution is 2.10. The first-order chi connectivity index (χ1) is 10.5. The highest BCUT2D eigenvalue weighted by Gasteiger charge is 2.15. The molecule has 1 rings (SSSR count). The standard InChI is InChI=1S/C10H17ClN4O6S2/c1-8-12-9(11)14-10(13-8)15(2)4-3-6-22(16,17)7-5-21-23(18,19)20/h3-7H2,1-2H3,(H,18,19,20). The predicted octanol–water partition coefficient (Wildman–Crippen LogP) is -0.106. The lowest BCUT2D eigenvalue weighted by Gasteiger charge is -2.17. The lowest BCUT2D eigenvalue weighted by Crippen LogP contribution is -2.25. The van der Waals surface area contributed by atoms with E-state index in [9.17, 15) is 16.8 Å². The van der Waals surface area contributed by atoms with Crippen molar-refractivity contribution in [3.05, 3.63) is 11.1 Å². The Morgan fingerprint density at radius 3 is 2.39 bits per heavy atom. The van der Waals surface area contributed by atoms with E-state index >= 15 is 0 Å². The number of anilines is 1. The molecule has 0 fully saturated rings. The lowest BCUT2D eigenvalue weighted by atomic mass is 10.4. The van der Waals surface area contributed by atoms with Gasteiger partial charge in [0.1, 0.15) is 5.82 Å². The molecule has 0 saturated heterocycles. The Morgan fingerprint density at radius 2 is 1.83 bits per heavy atom. The Labute approximate surface area is 139 Å². The molecule has 0 aliphatic carbocycles. The van der Waals surface area contributed by atoms with Gasteiger partial charge in [-0.25, -0.2) is 17.6 Å². The van der Waals surface area contributed by atoms with Gasteiger partial charge in [0.15, 0.2) is 9.84 Å². The summed E-state index contributed by atoms with van der Waals surface area (Å²) in [5.41, 5.74) is 0. The number of hydrogen-bond donors (Lipinski definition) is 1. The van der Waals surface area contributed by atoms with Crippen molar-refractivity contribution in [3.63, 3.8) is 0 Å². The van der Waals surface area contributed by atoms with E-state index in [-0.39, 0.29) is 17.5 Å². The van der Waals surface area contributed by atoms with Crippen LogP contribution in [0.4, 0.5) is 5.95 Å². The smallest absolute Gasteiger partial charge is 0.344 e. The van der Waals surface area contributed by atoms with Crippen molar-refractivity contribution in [2.75, 3.05) is 36.6 Å². The molecule has 1 aromatic heterocycles. The zero-order valence-electron chi connectivity index (χ0n) is 12.5. The third-order valence-corrected chi connectivity index (χ3v) is 4.96. The number of aromatic nitrogens is 3. The topological polar surface area (TPSA) is 140 Å². The second-order valence-corrected chi connectivity index (χ2v) is 8.36. The van der Waals surface area contributed by atoms with Crippen LogP contribution >= 0.6 is 11.6 Å². The number of halogens is 1. The molecular weight excluding hydrogens is 372 g/mol. The van der Waals surface area contributed by atoms with Crippen molar-refractivity contribution in [2.24, 2.45) is 0 Å². The lowest BCUT2D eigenvalue weighted by molar-refractivity contribution is 0.284. The van der Waals surface area contributed by atoms with E-state index in [1.54, 1.807) is 18.9 Å². The molecule has 23 heavy (non-hydrogen) atoms. The summed E-state index contributed by atoms with van der Waals surface area (Å²) < 4.78 is 56.4. The van der Waals surface area contributed by atoms with Gasteiger partial charge in [-0.2, -0.15) is 18.4 Å². The van der Waals surface area contributed by atoms with Gasteiger partial charge in [-0.05, 0) is 24.9 Å². The zero-order chi connectivity index (χ0) is 17.7. The summed E-state index contributed by atoms with van der Waals surface area (Å²) in [6.07, 6.45) is 0.271. The minimum Gasteiger partial charge on any atom is -0.344 e. The SMILES string of the molecule is Cc1nc(Cl)nc(N(C)CCCS(=O)(=O)CCOS(=O)(=O)O)n1. The molecule has 0 aliphatic rings. The van der Waals surface area contributed by atoms with Crippen LogP contribution in [0.1, 0.15) is 12.2 Å². The highest BCUT2D eigenvalue weighted by atomic mass is 35.5. The maximum absolute atomic E-state index is 11.7. The average molecular weight is 389 g/mol. The summed E-state index contributed by atoms with van der Waals surface area (Å²) in [5, 5.41) is 0.0503. The van der Waals surface area contributed by atoms with Crippen LogP contribution in [-0.2, 0) is 24.4 Å². The summed E-state index contributed by atoms with van der Waals surface area (Å²) >= 11 is 5.73. The van der Waals surface area contributed by atoms with Gasteiger partial charge in [0.05, 0.1) is 18.1 Å². The number of sulfone groups is 1. The van der Waals surface area contributed by atoms with Crippen LogP contribution in [0.5, 0.6) is 0 Å². The van der Waals surface area contributed by atoms with Gasteiger partial charge in [0, 0.05) is 13.6 Å². The second-order valence-electron chi connectivity index (χ2n) is 4.63. The minimum absolute atomic E-state index is 0.0503. The van der Waals surface area contributed by atoms with E-state index in [4.69, 9.17) is 16.2 Å². The van der Waals surface area contributed by atoms with Crippen LogP contribution < -0.4 is 4.90 Å². The minimum atomic E-state index is -4.63. The summed E-state index contributed by atoms with van der Waals surface area (Å²) in [5.74, 6) is 0.0911. The largest absolute Gasteiger partial charge is 0.397 e. The first-order valence-electron chi connectivity index (χ1n) is 6.40. The van der Waals surface area contributed by atoms with Crippen LogP contribution in [0.3, 0.4) is 0 Å². The summed E-state index contributed by atoms with van der Waals surface area (Å²) in [6.45, 7) is 1.38. The third kappa shape index (κ3) is 8.37. The molecule has 0 spiro atoms. The molecule has 0 radical (unpaired) electrons. The van der Waals surface area contributed by atoms with Gasteiger partial charge in [0.25, 0.3) is 0 Å². The third-order valence-electron chi connectivity index (χ3n) is 2.63. The van der Waals surface area contributed by atoms with Gasteiger partial charge in [-0.3, -0.25) is 4.55 Å². The first-order valence-corrected chi connectivity index (χ1v) is 9.96. The molecule has 13 heteroatoms. The fraction of sp³-hybridized carbons (Fsp3) is 0.700. The Bertz CT molecular complexity index is 719. The first kappa shape index (κ1) is 20.0. The monoisotopic (exact) mass is 388 g/mol. The molecule has 132 valence electrons. The Morgan fingerprint density at radius 1 is 1.17 bits per heavy atom. The number of hydrogen-bond acceptors (Lipinski definition) is 9. The van der Waals surface area contributed by atoms with Crippen LogP contribution in [0, 0.1) is 6.92 Å². The highest BCUT2D eigenvalue weighted by molar-refractivity contribution is 7.91. The van der Waals surface area contributed by atoms with Gasteiger partial charge in [-0.15, -0.1) is 0 Å². The molecule has 0 aromatic carbocycles. The van der Waals surface area contributed by atoms with Crippen LogP contribution in [0.15, 0.2) is 0 Å². The average Bonchev–Trinajstić information content (AvgIpc) is 2.35. The van der Waals surface area contributed by atoms with Crippen LogP contribution in [0.25, 0.3) is 0 Å². The molecule has 1 N–H and O–H groups in total. The normalized spacial score (nSPS) is 12.3. The van der Waals surface area contributed by atoms with Gasteiger partial charge in [0.2, 0.25) is 11.2 Å². The van der Waals surface area contributed by atoms with Gasteiger partial charge < -0.3 is 4.90 Å². The molecular formula is C10H17ClN4O6S2. The van der Waals surface area contributed by atoms with E-state index in [0.717, 1.165) is 0 Å². The van der Waals surface area contributed by atoms with E-state index in [0.29, 0.717) is 18.3 Å². The van der Waals surface area contributed by atoms with Crippen molar-refractivity contribution in [1.82, 2.24) is 15.0 Å². The van der Waals surface area contributed by atoms with Crippen LogP contribution in [-0.4, -0.2) is 68.0 Å². The zero-order valence-corrected chi connectivity index (χ0v) is 14.9. The summed E-state index contributed by atoms with van der Waals surface area (Å²) in [4.78, 5) is 13.5. The quantitative estimate of drug-likeness (QED) is 0.570. The van der Waals surface area contributed by atoms with Crippen LogP contribution in [0.2, 0.25) is 5.28 Å². The van der Waals surface area contributed by atoms with Gasteiger partial charge in [-0.1, -0.05) is 0 Å². The second kappa shape index (κ2) is 8.15. The van der Waals surface area contributed by atoms with E-state index in [2.05, 4.69) is 19.1 Å². The van der Waals surface area contributed by atoms with Gasteiger partial charge >= 0.3 is 10.4 Å². The molecule has 1 heterocycles. The van der Waals surface area contributed by atoms with Crippen molar-refractivity contribution in [1.29, 1.82) is 0 Å². The van der Waals surface area contributed by atoms with E-state index in [1.165, 1.54) is 0 Å². The molecule has 0 unspecified atom stereocenters. The molecule has 0 saturated carbocycles. The molecule has 0 atom stereocenters. The van der Waals surface area contributed by atoms with E-state index in [1.807, 2.05) is 0 Å². The molecule has 0 aliphatic heterocycles. The van der Waals surface area contributed by atoms with Crippen molar-refractivity contribution in [3.8, 4) is 0 Å². The predicted molar refractivity (Wildman–Crippen MR) is 83.6 cm³/mol. The summed E-state index contributed by atoms with van der Waals surface area (Å²) in [6, 6.07) is 0. The number of aryl methyl sites for hydroxylation is 1. The Hall–Kier alpha value is -1.08.